The number of nitrogens with zero attached hydrogens (tertiary/aromatic N) is 1. The summed E-state index contributed by atoms with van der Waals surface area (Å²) >= 11 is 0. The van der Waals surface area contributed by atoms with Gasteiger partial charge in [0.05, 0.1) is 27.7 Å². The Labute approximate surface area is 252 Å². The van der Waals surface area contributed by atoms with E-state index in [9.17, 15) is 19.4 Å². The van der Waals surface area contributed by atoms with Crippen LogP contribution < -0.4 is 4.89 Å². The van der Waals surface area contributed by atoms with Crippen LogP contribution >= 0.6 is 7.82 Å². The van der Waals surface area contributed by atoms with Gasteiger partial charge in [-0.25, -0.2) is 4.79 Å². The maximum Gasteiger partial charge on any atom is 0.330 e. The number of quaternary nitrogens is 1. The molecule has 0 bridgehead atoms. The molecule has 2 atom stereocenters. The summed E-state index contributed by atoms with van der Waals surface area (Å²) in [6.07, 6.45) is 28.3. The quantitative estimate of drug-likeness (QED) is 0.0298. The Morgan fingerprint density at radius 1 is 0.756 bits per heavy atom. The highest BCUT2D eigenvalue weighted by Gasteiger charge is 2.16. The fourth-order valence-corrected chi connectivity index (χ4v) is 5.17. The highest BCUT2D eigenvalue weighted by molar-refractivity contribution is 7.45. The molecule has 8 nitrogen and oxygen atoms in total. The smallest absolute Gasteiger partial charge is 0.330 e. The average molecular weight is 606 g/mol. The Kier molecular flexibility index (Phi) is 26.3. The molecule has 0 rings (SSSR count). The van der Waals surface area contributed by atoms with Gasteiger partial charge < -0.3 is 28.3 Å². The van der Waals surface area contributed by atoms with Gasteiger partial charge in [0.2, 0.25) is 0 Å². The van der Waals surface area contributed by atoms with Crippen LogP contribution in [0.25, 0.3) is 0 Å². The van der Waals surface area contributed by atoms with Crippen LogP contribution in [0.15, 0.2) is 12.2 Å². The van der Waals surface area contributed by atoms with Crippen molar-refractivity contribution in [3.8, 4) is 0 Å². The zero-order chi connectivity index (χ0) is 30.7. The summed E-state index contributed by atoms with van der Waals surface area (Å²) in [5.41, 5.74) is 0. The number of phosphoric acid groups is 1. The Hall–Kier alpha value is -0.760. The van der Waals surface area contributed by atoms with Crippen molar-refractivity contribution in [2.45, 2.75) is 141 Å². The lowest BCUT2D eigenvalue weighted by Crippen LogP contribution is -2.37. The predicted molar refractivity (Wildman–Crippen MR) is 167 cm³/mol. The van der Waals surface area contributed by atoms with Crippen molar-refractivity contribution in [3.63, 3.8) is 0 Å². The number of likely N-dealkylation sites (N-methyl/N-ethyl adjacent to an activating group) is 1. The Morgan fingerprint density at radius 2 is 1.20 bits per heavy atom. The summed E-state index contributed by atoms with van der Waals surface area (Å²) in [6.45, 7) is 1.88. The lowest BCUT2D eigenvalue weighted by atomic mass is 10.0. The number of aliphatic hydroxyl groups is 1. The average Bonchev–Trinajstić information content (AvgIpc) is 2.90. The van der Waals surface area contributed by atoms with Gasteiger partial charge in [-0.2, -0.15) is 0 Å². The molecular weight excluding hydrogens is 541 g/mol. The molecule has 244 valence electrons. The molecule has 0 saturated carbocycles. The van der Waals surface area contributed by atoms with Crippen LogP contribution in [0.5, 0.6) is 0 Å². The molecule has 0 aromatic heterocycles. The van der Waals surface area contributed by atoms with E-state index in [0.29, 0.717) is 11.0 Å². The topological polar surface area (TPSA) is 105 Å². The number of ether oxygens (including phenoxy) is 1. The summed E-state index contributed by atoms with van der Waals surface area (Å²) in [7, 11) is 1.23. The number of esters is 1. The summed E-state index contributed by atoms with van der Waals surface area (Å²) in [6, 6.07) is 0. The molecule has 0 aliphatic heterocycles. The minimum absolute atomic E-state index is 0.0142. The van der Waals surface area contributed by atoms with Gasteiger partial charge in [0.15, 0.2) is 0 Å². The van der Waals surface area contributed by atoms with Crippen molar-refractivity contribution >= 4 is 13.8 Å². The fraction of sp³-hybridized carbons (Fsp3) is 0.906. The molecule has 0 aromatic carbocycles. The third-order valence-electron chi connectivity index (χ3n) is 7.08. The summed E-state index contributed by atoms with van der Waals surface area (Å²) in [5, 5.41) is 9.82. The van der Waals surface area contributed by atoms with E-state index in [2.05, 4.69) is 11.4 Å². The Bertz CT molecular complexity index is 681. The molecule has 0 radical (unpaired) electrons. The molecule has 1 N–H and O–H groups in total. The SMILES string of the molecule is CCCCCCCCCCCCCCCCCCCCCC=CC(=O)OC[C@@H](O)COP(=O)([O-])OCC[N+](C)(C)C. The monoisotopic (exact) mass is 605 g/mol. The largest absolute Gasteiger partial charge is 0.756 e. The first kappa shape index (κ1) is 40.2. The number of unbranched alkanes of at least 4 members (excludes halogenated alkanes) is 19. The first-order valence-electron chi connectivity index (χ1n) is 16.5. The van der Waals surface area contributed by atoms with Crippen molar-refractivity contribution in [1.82, 2.24) is 0 Å². The van der Waals surface area contributed by atoms with E-state index < -0.39 is 26.5 Å². The Morgan fingerprint density at radius 3 is 1.63 bits per heavy atom. The number of carbonyl (C=O) groups excluding carboxylic acids is 1. The van der Waals surface area contributed by atoms with Crippen molar-refractivity contribution in [2.75, 3.05) is 47.5 Å². The van der Waals surface area contributed by atoms with E-state index in [4.69, 9.17) is 9.26 Å². The summed E-state index contributed by atoms with van der Waals surface area (Å²) in [5.74, 6) is -0.564. The number of allylic oxidation sites excluding steroid dienone is 1. The molecule has 41 heavy (non-hydrogen) atoms. The zero-order valence-electron chi connectivity index (χ0n) is 27.0. The zero-order valence-corrected chi connectivity index (χ0v) is 27.9. The first-order valence-corrected chi connectivity index (χ1v) is 17.9. The summed E-state index contributed by atoms with van der Waals surface area (Å²) < 4.78 is 26.6. The van der Waals surface area contributed by atoms with Crippen LogP contribution in [-0.4, -0.2) is 69.2 Å². The fourth-order valence-electron chi connectivity index (χ4n) is 4.44. The van der Waals surface area contributed by atoms with Gasteiger partial charge in [-0.1, -0.05) is 129 Å². The van der Waals surface area contributed by atoms with Crippen molar-refractivity contribution < 1.29 is 37.6 Å². The second-order valence-electron chi connectivity index (χ2n) is 12.4. The number of aliphatic hydroxyl groups excluding tert-OH is 1. The van der Waals surface area contributed by atoms with Crippen LogP contribution in [0.1, 0.15) is 135 Å². The second-order valence-corrected chi connectivity index (χ2v) is 13.8. The molecular formula is C32H64NO7P. The lowest BCUT2D eigenvalue weighted by molar-refractivity contribution is -0.870. The van der Waals surface area contributed by atoms with Gasteiger partial charge in [0, 0.05) is 6.08 Å². The normalized spacial score (nSPS) is 14.4. The van der Waals surface area contributed by atoms with Gasteiger partial charge >= 0.3 is 5.97 Å². The third kappa shape index (κ3) is 32.0. The summed E-state index contributed by atoms with van der Waals surface area (Å²) in [4.78, 5) is 23.5. The van der Waals surface area contributed by atoms with Gasteiger partial charge in [0.25, 0.3) is 7.82 Å². The molecule has 0 aliphatic carbocycles. The number of rotatable bonds is 30. The highest BCUT2D eigenvalue weighted by Crippen LogP contribution is 2.38. The van der Waals surface area contributed by atoms with Crippen molar-refractivity contribution in [2.24, 2.45) is 0 Å². The Balaban J connectivity index is 3.49. The van der Waals surface area contributed by atoms with Gasteiger partial charge in [-0.05, 0) is 12.8 Å². The van der Waals surface area contributed by atoms with E-state index in [1.807, 2.05) is 21.1 Å². The molecule has 0 fully saturated rings. The minimum Gasteiger partial charge on any atom is -0.756 e. The molecule has 0 aliphatic rings. The maximum absolute atomic E-state index is 11.8. The standard InChI is InChI=1S/C32H64NO7P/c1-5-6-7-8-9-10-11-12-13-14-15-16-17-18-19-20-21-22-23-24-25-26-32(35)38-29-31(34)30-40-41(36,37)39-28-27-33(2,3)4/h25-26,31,34H,5-24,27-30H2,1-4H3/t31-/m1/s1. The van der Waals surface area contributed by atoms with Gasteiger partial charge in [-0.15, -0.1) is 0 Å². The first-order chi connectivity index (χ1) is 19.6. The van der Waals surface area contributed by atoms with Crippen LogP contribution in [0, 0.1) is 0 Å². The molecule has 1 unspecified atom stereocenters. The lowest BCUT2D eigenvalue weighted by Gasteiger charge is -2.27. The number of hydrogen-bond donors (Lipinski definition) is 1. The predicted octanol–water partition coefficient (Wildman–Crippen LogP) is 7.48. The van der Waals surface area contributed by atoms with E-state index in [1.165, 1.54) is 115 Å². The van der Waals surface area contributed by atoms with Crippen molar-refractivity contribution in [3.05, 3.63) is 12.2 Å². The number of carbonyl (C=O) groups is 1. The van der Waals surface area contributed by atoms with Crippen LogP contribution in [0.4, 0.5) is 0 Å². The number of hydrogen-bond acceptors (Lipinski definition) is 7. The number of phosphoric ester groups is 1. The molecule has 0 saturated heterocycles. The minimum atomic E-state index is -4.51. The third-order valence-corrected chi connectivity index (χ3v) is 8.05. The molecule has 0 amide bonds. The highest BCUT2D eigenvalue weighted by atomic mass is 31.2. The molecule has 0 aromatic rings. The second kappa shape index (κ2) is 26.8. The van der Waals surface area contributed by atoms with E-state index >= 15 is 0 Å². The molecule has 0 heterocycles. The van der Waals surface area contributed by atoms with Crippen LogP contribution in [0.2, 0.25) is 0 Å². The van der Waals surface area contributed by atoms with Gasteiger partial charge in [0.1, 0.15) is 25.9 Å². The molecule has 9 heteroatoms. The van der Waals surface area contributed by atoms with E-state index in [0.717, 1.165) is 19.3 Å². The molecule has 0 spiro atoms. The van der Waals surface area contributed by atoms with Crippen LogP contribution in [0.3, 0.4) is 0 Å². The van der Waals surface area contributed by atoms with E-state index in [1.54, 1.807) is 6.08 Å². The van der Waals surface area contributed by atoms with E-state index in [-0.39, 0.29) is 13.2 Å². The van der Waals surface area contributed by atoms with Crippen molar-refractivity contribution in [1.29, 1.82) is 0 Å². The van der Waals surface area contributed by atoms with Crippen LogP contribution in [-0.2, 0) is 23.1 Å². The maximum atomic E-state index is 11.8. The van der Waals surface area contributed by atoms with Gasteiger partial charge in [-0.3, -0.25) is 4.57 Å².